The van der Waals surface area contributed by atoms with Gasteiger partial charge in [-0.25, -0.2) is 0 Å². The molecule has 70 valence electrons. The molecule has 0 amide bonds. The molecule has 0 aromatic carbocycles. The molecule has 2 nitrogen and oxygen atoms in total. The molecule has 0 spiro atoms. The molecule has 2 atom stereocenters. The molecule has 2 saturated heterocycles. The average Bonchev–Trinajstić information content (AvgIpc) is 2.55. The summed E-state index contributed by atoms with van der Waals surface area (Å²) < 4.78 is 5.90. The number of ether oxygens (including phenoxy) is 1. The van der Waals surface area contributed by atoms with E-state index in [1.165, 1.54) is 18.6 Å². The van der Waals surface area contributed by atoms with E-state index in [1.54, 1.807) is 0 Å². The van der Waals surface area contributed by atoms with E-state index in [1.807, 2.05) is 0 Å². The van der Waals surface area contributed by atoms with Gasteiger partial charge in [0.05, 0.1) is 5.60 Å². The minimum absolute atomic E-state index is 0.0494. The van der Waals surface area contributed by atoms with Crippen molar-refractivity contribution < 1.29 is 4.74 Å². The van der Waals surface area contributed by atoms with Crippen molar-refractivity contribution in [3.63, 3.8) is 0 Å². The Morgan fingerprint density at radius 2 is 2.33 bits per heavy atom. The third-order valence-electron chi connectivity index (χ3n) is 2.48. The first kappa shape index (κ1) is 8.85. The van der Waals surface area contributed by atoms with Crippen LogP contribution in [0.4, 0.5) is 0 Å². The zero-order valence-corrected chi connectivity index (χ0v) is 8.62. The Morgan fingerprint density at radius 3 is 2.83 bits per heavy atom. The summed E-state index contributed by atoms with van der Waals surface area (Å²) in [4.78, 5) is 0. The molecule has 0 radical (unpaired) electrons. The lowest BCUT2D eigenvalue weighted by Crippen LogP contribution is -2.32. The molecule has 2 aliphatic heterocycles. The predicted octanol–water partition coefficient (Wildman–Crippen LogP) is 1.61. The van der Waals surface area contributed by atoms with E-state index in [0.717, 1.165) is 6.54 Å². The Kier molecular flexibility index (Phi) is 2.36. The van der Waals surface area contributed by atoms with Gasteiger partial charge in [0.15, 0.2) is 0 Å². The molecule has 0 aliphatic carbocycles. The van der Waals surface area contributed by atoms with E-state index in [-0.39, 0.29) is 5.60 Å². The van der Waals surface area contributed by atoms with E-state index >= 15 is 0 Å². The second kappa shape index (κ2) is 3.20. The lowest BCUT2D eigenvalue weighted by atomic mass is 10.1. The Balaban J connectivity index is 1.90. The third kappa shape index (κ3) is 1.78. The zero-order chi connectivity index (χ0) is 8.60. The van der Waals surface area contributed by atoms with Crippen molar-refractivity contribution in [2.24, 2.45) is 0 Å². The molecule has 2 heterocycles. The van der Waals surface area contributed by atoms with Gasteiger partial charge in [-0.3, -0.25) is 5.32 Å². The molecule has 0 aromatic rings. The van der Waals surface area contributed by atoms with Gasteiger partial charge in [-0.1, -0.05) is 0 Å². The number of thioether (sulfide) groups is 1. The van der Waals surface area contributed by atoms with Gasteiger partial charge < -0.3 is 4.74 Å². The van der Waals surface area contributed by atoms with Crippen LogP contribution in [-0.4, -0.2) is 29.4 Å². The smallest absolute Gasteiger partial charge is 0.120 e. The number of nitrogens with one attached hydrogen (secondary N) is 1. The first-order chi connectivity index (χ1) is 5.67. The Hall–Kier alpha value is 0.270. The van der Waals surface area contributed by atoms with Gasteiger partial charge in [-0.15, -0.1) is 0 Å². The molecule has 0 bridgehead atoms. The molecule has 2 aliphatic rings. The van der Waals surface area contributed by atoms with Crippen molar-refractivity contribution in [2.45, 2.75) is 43.8 Å². The maximum atomic E-state index is 5.90. The standard InChI is InChI=1S/C9H17NOS/c1-9(2)6-10-8(11-9)7-4-3-5-12-7/h7-8,10H,3-6H2,1-2H3. The Bertz CT molecular complexity index is 166. The summed E-state index contributed by atoms with van der Waals surface area (Å²) in [5.41, 5.74) is 0.0494. The van der Waals surface area contributed by atoms with Gasteiger partial charge in [0.25, 0.3) is 0 Å². The summed E-state index contributed by atoms with van der Waals surface area (Å²) in [6.45, 7) is 5.30. The minimum Gasteiger partial charge on any atom is -0.355 e. The van der Waals surface area contributed by atoms with Gasteiger partial charge in [-0.2, -0.15) is 11.8 Å². The summed E-state index contributed by atoms with van der Waals surface area (Å²) >= 11 is 2.05. The zero-order valence-electron chi connectivity index (χ0n) is 7.80. The van der Waals surface area contributed by atoms with Gasteiger partial charge in [0.1, 0.15) is 6.23 Å². The van der Waals surface area contributed by atoms with Crippen LogP contribution < -0.4 is 5.32 Å². The monoisotopic (exact) mass is 187 g/mol. The summed E-state index contributed by atoms with van der Waals surface area (Å²) in [5.74, 6) is 1.31. The lowest BCUT2D eigenvalue weighted by Gasteiger charge is -2.21. The number of hydrogen-bond acceptors (Lipinski definition) is 3. The van der Waals surface area contributed by atoms with Gasteiger partial charge in [0, 0.05) is 11.8 Å². The lowest BCUT2D eigenvalue weighted by molar-refractivity contribution is -0.0148. The quantitative estimate of drug-likeness (QED) is 0.674. The van der Waals surface area contributed by atoms with Crippen LogP contribution in [0.3, 0.4) is 0 Å². The van der Waals surface area contributed by atoms with Crippen LogP contribution in [0.1, 0.15) is 26.7 Å². The molecule has 12 heavy (non-hydrogen) atoms. The van der Waals surface area contributed by atoms with Gasteiger partial charge in [0.2, 0.25) is 0 Å². The highest BCUT2D eigenvalue weighted by Gasteiger charge is 2.37. The molecule has 2 unspecified atom stereocenters. The van der Waals surface area contributed by atoms with Crippen LogP contribution in [0, 0.1) is 0 Å². The van der Waals surface area contributed by atoms with Crippen LogP contribution in [0.2, 0.25) is 0 Å². The highest BCUT2D eigenvalue weighted by molar-refractivity contribution is 8.00. The van der Waals surface area contributed by atoms with Gasteiger partial charge in [-0.05, 0) is 32.4 Å². The minimum atomic E-state index is 0.0494. The highest BCUT2D eigenvalue weighted by Crippen LogP contribution is 2.33. The van der Waals surface area contributed by atoms with Crippen molar-refractivity contribution in [3.05, 3.63) is 0 Å². The van der Waals surface area contributed by atoms with Crippen molar-refractivity contribution in [2.75, 3.05) is 12.3 Å². The molecular formula is C9H17NOS. The third-order valence-corrected chi connectivity index (χ3v) is 3.91. The molecule has 2 rings (SSSR count). The fourth-order valence-electron chi connectivity index (χ4n) is 1.82. The first-order valence-corrected chi connectivity index (χ1v) is 5.75. The van der Waals surface area contributed by atoms with E-state index in [4.69, 9.17) is 4.74 Å². The fourth-order valence-corrected chi connectivity index (χ4v) is 3.12. The summed E-state index contributed by atoms with van der Waals surface area (Å²) in [7, 11) is 0. The molecule has 3 heteroatoms. The Labute approximate surface area is 78.4 Å². The van der Waals surface area contributed by atoms with Crippen molar-refractivity contribution >= 4 is 11.8 Å². The molecule has 0 aromatic heterocycles. The summed E-state index contributed by atoms with van der Waals surface area (Å²) in [6, 6.07) is 0. The van der Waals surface area contributed by atoms with Crippen LogP contribution in [-0.2, 0) is 4.74 Å². The normalized spacial score (nSPS) is 40.5. The highest BCUT2D eigenvalue weighted by atomic mass is 32.2. The average molecular weight is 187 g/mol. The van der Waals surface area contributed by atoms with Crippen molar-refractivity contribution in [3.8, 4) is 0 Å². The summed E-state index contributed by atoms with van der Waals surface area (Å²) in [6.07, 6.45) is 2.99. The molecule has 0 saturated carbocycles. The van der Waals surface area contributed by atoms with E-state index in [2.05, 4.69) is 30.9 Å². The SMILES string of the molecule is CC1(C)CNC(C2CCCS2)O1. The topological polar surface area (TPSA) is 21.3 Å². The van der Waals surface area contributed by atoms with Crippen LogP contribution in [0.5, 0.6) is 0 Å². The number of hydrogen-bond donors (Lipinski definition) is 1. The van der Waals surface area contributed by atoms with Crippen molar-refractivity contribution in [1.82, 2.24) is 5.32 Å². The largest absolute Gasteiger partial charge is 0.355 e. The molecular weight excluding hydrogens is 170 g/mol. The van der Waals surface area contributed by atoms with Crippen molar-refractivity contribution in [1.29, 1.82) is 0 Å². The maximum absolute atomic E-state index is 5.90. The van der Waals surface area contributed by atoms with E-state index < -0.39 is 0 Å². The fraction of sp³-hybridized carbons (Fsp3) is 1.00. The van der Waals surface area contributed by atoms with Crippen LogP contribution in [0.15, 0.2) is 0 Å². The number of rotatable bonds is 1. The summed E-state index contributed by atoms with van der Waals surface area (Å²) in [5, 5.41) is 4.15. The molecule has 2 fully saturated rings. The van der Waals surface area contributed by atoms with Crippen LogP contribution >= 0.6 is 11.8 Å². The van der Waals surface area contributed by atoms with E-state index in [9.17, 15) is 0 Å². The van der Waals surface area contributed by atoms with E-state index in [0.29, 0.717) is 11.5 Å². The van der Waals surface area contributed by atoms with Crippen LogP contribution in [0.25, 0.3) is 0 Å². The first-order valence-electron chi connectivity index (χ1n) is 4.70. The second-order valence-electron chi connectivity index (χ2n) is 4.23. The maximum Gasteiger partial charge on any atom is 0.120 e. The molecule has 1 N–H and O–H groups in total. The Morgan fingerprint density at radius 1 is 1.50 bits per heavy atom. The van der Waals surface area contributed by atoms with Gasteiger partial charge >= 0.3 is 0 Å². The second-order valence-corrected chi connectivity index (χ2v) is 5.58. The predicted molar refractivity (Wildman–Crippen MR) is 52.4 cm³/mol.